The number of carbonyl (C=O) groups is 1. The Morgan fingerprint density at radius 2 is 1.96 bits per heavy atom. The van der Waals surface area contributed by atoms with Crippen LogP contribution in [-0.2, 0) is 21.2 Å². The van der Waals surface area contributed by atoms with Crippen molar-refractivity contribution < 1.29 is 22.5 Å². The highest BCUT2D eigenvalue weighted by atomic mass is 32.2. The van der Waals surface area contributed by atoms with Crippen LogP contribution in [0.2, 0.25) is 0 Å². The van der Waals surface area contributed by atoms with E-state index < -0.39 is 9.84 Å². The minimum atomic E-state index is -3.64. The minimum Gasteiger partial charge on any atom is -0.489 e. The zero-order valence-corrected chi connectivity index (χ0v) is 15.2. The van der Waals surface area contributed by atoms with Crippen molar-refractivity contribution in [2.24, 2.45) is 0 Å². The summed E-state index contributed by atoms with van der Waals surface area (Å²) in [5.41, 5.74) is 0.578. The number of benzene rings is 2. The number of carbonyl (C=O) groups excluding carboxylic acids is 1. The quantitative estimate of drug-likeness (QED) is 0.692. The molecule has 8 heteroatoms. The Balaban J connectivity index is 1.65. The number of aromatic amines is 1. The predicted molar refractivity (Wildman–Crippen MR) is 97.2 cm³/mol. The fourth-order valence-electron chi connectivity index (χ4n) is 3.02. The molecule has 2 heterocycles. The molecule has 1 aliphatic rings. The summed E-state index contributed by atoms with van der Waals surface area (Å²) in [6.45, 7) is 0.917. The lowest BCUT2D eigenvalue weighted by Crippen LogP contribution is -2.46. The number of nitrogens with zero attached hydrogens (tertiary/aromatic N) is 2. The molecular formula is C19H18N3O4S+. The molecule has 3 aromatic rings. The van der Waals surface area contributed by atoms with Gasteiger partial charge < -0.3 is 9.64 Å². The summed E-state index contributed by atoms with van der Waals surface area (Å²) in [6, 6.07) is 12.9. The van der Waals surface area contributed by atoms with Crippen molar-refractivity contribution in [1.29, 1.82) is 0 Å². The summed E-state index contributed by atoms with van der Waals surface area (Å²) in [4.78, 5) is 17.5. The number of hydrogen-bond donors (Lipinski definition) is 1. The van der Waals surface area contributed by atoms with Gasteiger partial charge in [-0.15, -0.1) is 0 Å². The number of H-pyrrole nitrogens is 1. The lowest BCUT2D eigenvalue weighted by molar-refractivity contribution is -0.682. The van der Waals surface area contributed by atoms with Crippen LogP contribution in [-0.4, -0.2) is 32.5 Å². The Bertz CT molecular complexity index is 1060. The molecule has 1 aromatic heterocycles. The standard InChI is InChI=1S/C19H17N3O4S/c23-19(13-21-9-8-20-14-21)22-10-11-26-18-12-16(6-7-17(18)22)27(24,25)15-4-2-1-3-5-15/h1-9,12,14H,10-11,13H2/p+1. The average Bonchev–Trinajstić information content (AvgIpc) is 3.20. The third-order valence-corrected chi connectivity index (χ3v) is 6.15. The van der Waals surface area contributed by atoms with E-state index in [0.29, 0.717) is 24.6 Å². The van der Waals surface area contributed by atoms with Crippen molar-refractivity contribution in [2.45, 2.75) is 16.3 Å². The highest BCUT2D eigenvalue weighted by molar-refractivity contribution is 7.91. The van der Waals surface area contributed by atoms with Gasteiger partial charge in [0.15, 0.2) is 6.54 Å². The second-order valence-corrected chi connectivity index (χ2v) is 8.07. The summed E-state index contributed by atoms with van der Waals surface area (Å²) in [5.74, 6) is 0.300. The molecule has 0 spiro atoms. The van der Waals surface area contributed by atoms with Gasteiger partial charge in [-0.1, -0.05) is 18.2 Å². The van der Waals surface area contributed by atoms with Crippen molar-refractivity contribution in [3.63, 3.8) is 0 Å². The van der Waals surface area contributed by atoms with Crippen LogP contribution in [0.25, 0.3) is 0 Å². The van der Waals surface area contributed by atoms with Crippen LogP contribution in [0.4, 0.5) is 5.69 Å². The Labute approximate surface area is 156 Å². The molecule has 0 saturated carbocycles. The van der Waals surface area contributed by atoms with Crippen LogP contribution < -0.4 is 14.2 Å². The van der Waals surface area contributed by atoms with E-state index in [0.717, 1.165) is 0 Å². The van der Waals surface area contributed by atoms with Crippen LogP contribution in [0.15, 0.2) is 77.0 Å². The Morgan fingerprint density at radius 3 is 2.70 bits per heavy atom. The summed E-state index contributed by atoms with van der Waals surface area (Å²) in [7, 11) is -3.64. The molecule has 7 nitrogen and oxygen atoms in total. The number of ether oxygens (including phenoxy) is 1. The molecule has 138 valence electrons. The van der Waals surface area contributed by atoms with E-state index in [2.05, 4.69) is 4.98 Å². The first-order chi connectivity index (χ1) is 13.1. The van der Waals surface area contributed by atoms with Crippen LogP contribution in [0, 0.1) is 0 Å². The smallest absolute Gasteiger partial charge is 0.269 e. The fourth-order valence-corrected chi connectivity index (χ4v) is 4.32. The average molecular weight is 384 g/mol. The zero-order valence-electron chi connectivity index (χ0n) is 14.4. The van der Waals surface area contributed by atoms with Crippen LogP contribution in [0.5, 0.6) is 5.75 Å². The number of nitrogens with one attached hydrogen (secondary N) is 1. The molecule has 1 N–H and O–H groups in total. The van der Waals surface area contributed by atoms with Gasteiger partial charge in [-0.2, -0.15) is 0 Å². The summed E-state index contributed by atoms with van der Waals surface area (Å²) >= 11 is 0. The van der Waals surface area contributed by atoms with E-state index in [1.807, 2.05) is 0 Å². The molecule has 27 heavy (non-hydrogen) atoms. The van der Waals surface area contributed by atoms with Crippen molar-refractivity contribution >= 4 is 21.4 Å². The van der Waals surface area contributed by atoms with Gasteiger partial charge in [0.1, 0.15) is 24.8 Å². The molecular weight excluding hydrogens is 366 g/mol. The van der Waals surface area contributed by atoms with Gasteiger partial charge in [-0.05, 0) is 24.3 Å². The van der Waals surface area contributed by atoms with Gasteiger partial charge in [-0.25, -0.2) is 13.0 Å². The molecule has 2 aromatic carbocycles. The van der Waals surface area contributed by atoms with Crippen molar-refractivity contribution in [1.82, 2.24) is 4.98 Å². The van der Waals surface area contributed by atoms with Gasteiger partial charge in [0, 0.05) is 6.07 Å². The largest absolute Gasteiger partial charge is 0.489 e. The van der Waals surface area contributed by atoms with Crippen molar-refractivity contribution in [2.75, 3.05) is 18.1 Å². The lowest BCUT2D eigenvalue weighted by Gasteiger charge is -2.29. The molecule has 1 aliphatic heterocycles. The monoisotopic (exact) mass is 384 g/mol. The van der Waals surface area contributed by atoms with Crippen LogP contribution in [0.1, 0.15) is 0 Å². The molecule has 0 saturated heterocycles. The number of aromatic nitrogens is 2. The number of anilines is 1. The van der Waals surface area contributed by atoms with Gasteiger partial charge in [0.2, 0.25) is 16.2 Å². The molecule has 4 rings (SSSR count). The number of imidazole rings is 1. The van der Waals surface area contributed by atoms with Gasteiger partial charge >= 0.3 is 0 Å². The molecule has 0 radical (unpaired) electrons. The van der Waals surface area contributed by atoms with E-state index in [4.69, 9.17) is 4.74 Å². The first-order valence-corrected chi connectivity index (χ1v) is 9.93. The lowest BCUT2D eigenvalue weighted by atomic mass is 10.2. The molecule has 0 fully saturated rings. The highest BCUT2D eigenvalue weighted by Crippen LogP contribution is 2.35. The number of sulfone groups is 1. The molecule has 0 bridgehead atoms. The Morgan fingerprint density at radius 1 is 1.15 bits per heavy atom. The molecule has 1 amide bonds. The second-order valence-electron chi connectivity index (χ2n) is 6.12. The van der Waals surface area contributed by atoms with Crippen LogP contribution >= 0.6 is 0 Å². The maximum atomic E-state index is 12.8. The Hall–Kier alpha value is -3.13. The van der Waals surface area contributed by atoms with Gasteiger partial charge in [-0.3, -0.25) is 9.78 Å². The Kier molecular flexibility index (Phi) is 4.41. The highest BCUT2D eigenvalue weighted by Gasteiger charge is 2.27. The first-order valence-electron chi connectivity index (χ1n) is 8.45. The number of rotatable bonds is 4. The number of fused-ring (bicyclic) bond motifs is 1. The summed E-state index contributed by atoms with van der Waals surface area (Å²) in [6.07, 6.45) is 5.21. The SMILES string of the molecule is O=C(C[n+]1cc[nH]c1)N1CCOc2cc(S(=O)(=O)c3ccccc3)ccc21. The maximum absolute atomic E-state index is 12.8. The molecule has 0 aliphatic carbocycles. The summed E-state index contributed by atoms with van der Waals surface area (Å²) in [5, 5.41) is 0. The van der Waals surface area contributed by atoms with E-state index in [-0.39, 0.29) is 22.2 Å². The van der Waals surface area contributed by atoms with Crippen molar-refractivity contribution in [3.05, 3.63) is 67.3 Å². The van der Waals surface area contributed by atoms with Crippen molar-refractivity contribution in [3.8, 4) is 5.75 Å². The maximum Gasteiger partial charge on any atom is 0.269 e. The first kappa shape index (κ1) is 17.3. The second kappa shape index (κ2) is 6.88. The predicted octanol–water partition coefficient (Wildman–Crippen LogP) is 1.56. The number of amides is 1. The van der Waals surface area contributed by atoms with E-state index in [1.165, 1.54) is 12.1 Å². The molecule has 0 unspecified atom stereocenters. The third kappa shape index (κ3) is 3.31. The van der Waals surface area contributed by atoms with Crippen LogP contribution in [0.3, 0.4) is 0 Å². The normalized spacial score (nSPS) is 13.7. The van der Waals surface area contributed by atoms with E-state index in [1.54, 1.807) is 64.6 Å². The molecule has 0 atom stereocenters. The fraction of sp³-hybridized carbons (Fsp3) is 0.158. The minimum absolute atomic E-state index is 0.0946. The third-order valence-electron chi connectivity index (χ3n) is 4.38. The number of hydrogen-bond acceptors (Lipinski definition) is 4. The van der Waals surface area contributed by atoms with E-state index in [9.17, 15) is 13.2 Å². The van der Waals surface area contributed by atoms with Gasteiger partial charge in [0.25, 0.3) is 5.91 Å². The van der Waals surface area contributed by atoms with E-state index >= 15 is 0 Å². The topological polar surface area (TPSA) is 83.3 Å². The van der Waals surface area contributed by atoms with Gasteiger partial charge in [0.05, 0.1) is 22.0 Å². The zero-order chi connectivity index (χ0) is 18.9. The summed E-state index contributed by atoms with van der Waals surface area (Å²) < 4.78 is 33.0.